The molecule has 3 nitrogen and oxygen atoms in total. The van der Waals surface area contributed by atoms with Crippen LogP contribution in [-0.2, 0) is 4.74 Å². The summed E-state index contributed by atoms with van der Waals surface area (Å²) in [6.07, 6.45) is 2.21. The van der Waals surface area contributed by atoms with E-state index < -0.39 is 5.97 Å². The first-order valence-corrected chi connectivity index (χ1v) is 4.84. The zero-order chi connectivity index (χ0) is 10.6. The summed E-state index contributed by atoms with van der Waals surface area (Å²) >= 11 is 5.73. The molecule has 1 aromatic heterocycles. The Morgan fingerprint density at radius 3 is 3.00 bits per heavy atom. The van der Waals surface area contributed by atoms with Crippen molar-refractivity contribution in [3.05, 3.63) is 29.0 Å². The number of esters is 1. The maximum Gasteiger partial charge on any atom is 0.341 e. The van der Waals surface area contributed by atoms with E-state index in [1.165, 1.54) is 6.20 Å². The monoisotopic (exact) mass is 213 g/mol. The van der Waals surface area contributed by atoms with Gasteiger partial charge in [-0.25, -0.2) is 9.78 Å². The molecular formula is C10H12ClNO2. The van der Waals surface area contributed by atoms with Gasteiger partial charge >= 0.3 is 5.97 Å². The van der Waals surface area contributed by atoms with Crippen LogP contribution in [0.4, 0.5) is 0 Å². The van der Waals surface area contributed by atoms with Gasteiger partial charge in [-0.15, -0.1) is 0 Å². The Labute approximate surface area is 88.1 Å². The summed E-state index contributed by atoms with van der Waals surface area (Å²) in [4.78, 5) is 15.3. The van der Waals surface area contributed by atoms with E-state index >= 15 is 0 Å². The molecule has 0 aliphatic rings. The second-order valence-corrected chi connectivity index (χ2v) is 3.32. The van der Waals surface area contributed by atoms with E-state index in [9.17, 15) is 4.79 Å². The molecule has 0 radical (unpaired) electrons. The zero-order valence-electron chi connectivity index (χ0n) is 8.16. The highest BCUT2D eigenvalue weighted by Crippen LogP contribution is 2.14. The lowest BCUT2D eigenvalue weighted by molar-refractivity contribution is 0.0334. The van der Waals surface area contributed by atoms with Crippen molar-refractivity contribution in [2.75, 3.05) is 0 Å². The van der Waals surface area contributed by atoms with Crippen LogP contribution in [0.15, 0.2) is 18.3 Å². The molecule has 1 atom stereocenters. The van der Waals surface area contributed by atoms with E-state index in [1.807, 2.05) is 13.8 Å². The van der Waals surface area contributed by atoms with Gasteiger partial charge in [0, 0.05) is 6.20 Å². The Morgan fingerprint density at radius 2 is 2.43 bits per heavy atom. The van der Waals surface area contributed by atoms with Crippen LogP contribution in [-0.4, -0.2) is 17.1 Å². The Bertz CT molecular complexity index is 328. The first kappa shape index (κ1) is 11.0. The predicted molar refractivity (Wildman–Crippen MR) is 54.4 cm³/mol. The molecule has 0 fully saturated rings. The van der Waals surface area contributed by atoms with Crippen LogP contribution in [0.3, 0.4) is 0 Å². The van der Waals surface area contributed by atoms with E-state index in [4.69, 9.17) is 16.3 Å². The molecule has 1 heterocycles. The van der Waals surface area contributed by atoms with Gasteiger partial charge in [0.15, 0.2) is 0 Å². The molecule has 14 heavy (non-hydrogen) atoms. The highest BCUT2D eigenvalue weighted by Gasteiger charge is 2.14. The van der Waals surface area contributed by atoms with E-state index in [0.29, 0.717) is 5.56 Å². The molecule has 0 bridgehead atoms. The molecule has 0 saturated heterocycles. The first-order chi connectivity index (χ1) is 6.65. The lowest BCUT2D eigenvalue weighted by Crippen LogP contribution is -2.14. The molecule has 1 rings (SSSR count). The fourth-order valence-electron chi connectivity index (χ4n) is 0.868. The SMILES string of the molecule is CCC(C)OC(=O)c1cccnc1Cl. The number of nitrogens with zero attached hydrogens (tertiary/aromatic N) is 1. The molecule has 76 valence electrons. The smallest absolute Gasteiger partial charge is 0.341 e. The van der Waals surface area contributed by atoms with Crippen molar-refractivity contribution in [3.8, 4) is 0 Å². The number of carbonyl (C=O) groups is 1. The number of carbonyl (C=O) groups excluding carboxylic acids is 1. The van der Waals surface area contributed by atoms with E-state index in [1.54, 1.807) is 12.1 Å². The molecule has 1 unspecified atom stereocenters. The zero-order valence-corrected chi connectivity index (χ0v) is 8.91. The summed E-state index contributed by atoms with van der Waals surface area (Å²) in [7, 11) is 0. The standard InChI is InChI=1S/C10H12ClNO2/c1-3-7(2)14-10(13)8-5-4-6-12-9(8)11/h4-7H,3H2,1-2H3. The number of rotatable bonds is 3. The third-order valence-electron chi connectivity index (χ3n) is 1.86. The Balaban J connectivity index is 2.75. The summed E-state index contributed by atoms with van der Waals surface area (Å²) in [5.74, 6) is -0.419. The number of pyridine rings is 1. The minimum Gasteiger partial charge on any atom is -0.459 e. The largest absolute Gasteiger partial charge is 0.459 e. The van der Waals surface area contributed by atoms with Gasteiger partial charge in [0.25, 0.3) is 0 Å². The van der Waals surface area contributed by atoms with Crippen molar-refractivity contribution in [3.63, 3.8) is 0 Å². The molecule has 0 aliphatic carbocycles. The highest BCUT2D eigenvalue weighted by atomic mass is 35.5. The Hall–Kier alpha value is -1.09. The fourth-order valence-corrected chi connectivity index (χ4v) is 1.06. The van der Waals surface area contributed by atoms with Crippen LogP contribution in [0.2, 0.25) is 5.15 Å². The summed E-state index contributed by atoms with van der Waals surface area (Å²) in [6, 6.07) is 3.25. The molecule has 1 aromatic rings. The highest BCUT2D eigenvalue weighted by molar-refractivity contribution is 6.32. The summed E-state index contributed by atoms with van der Waals surface area (Å²) in [5, 5.41) is 0.181. The van der Waals surface area contributed by atoms with E-state index in [0.717, 1.165) is 6.42 Å². The number of aromatic nitrogens is 1. The van der Waals surface area contributed by atoms with Gasteiger partial charge in [0.05, 0.1) is 11.7 Å². The van der Waals surface area contributed by atoms with Crippen LogP contribution < -0.4 is 0 Å². The third kappa shape index (κ3) is 2.70. The van der Waals surface area contributed by atoms with Gasteiger partial charge in [0.2, 0.25) is 0 Å². The third-order valence-corrected chi connectivity index (χ3v) is 2.16. The maximum absolute atomic E-state index is 11.5. The summed E-state index contributed by atoms with van der Waals surface area (Å²) < 4.78 is 5.10. The van der Waals surface area contributed by atoms with Crippen LogP contribution >= 0.6 is 11.6 Å². The Morgan fingerprint density at radius 1 is 1.71 bits per heavy atom. The number of hydrogen-bond acceptors (Lipinski definition) is 3. The molecule has 0 aliphatic heterocycles. The molecule has 0 N–H and O–H groups in total. The van der Waals surface area contributed by atoms with Gasteiger partial charge < -0.3 is 4.74 Å². The first-order valence-electron chi connectivity index (χ1n) is 4.46. The summed E-state index contributed by atoms with van der Waals surface area (Å²) in [6.45, 7) is 3.78. The molecular weight excluding hydrogens is 202 g/mol. The van der Waals surface area contributed by atoms with Gasteiger partial charge in [-0.1, -0.05) is 18.5 Å². The molecule has 4 heteroatoms. The van der Waals surface area contributed by atoms with E-state index in [2.05, 4.69) is 4.98 Å². The molecule has 0 spiro atoms. The number of hydrogen-bond donors (Lipinski definition) is 0. The Kier molecular flexibility index (Phi) is 3.89. The minimum absolute atomic E-state index is 0.0984. The van der Waals surface area contributed by atoms with Crippen molar-refractivity contribution in [2.24, 2.45) is 0 Å². The van der Waals surface area contributed by atoms with Gasteiger partial charge in [0.1, 0.15) is 5.15 Å². The van der Waals surface area contributed by atoms with Crippen molar-refractivity contribution in [2.45, 2.75) is 26.4 Å². The lowest BCUT2D eigenvalue weighted by atomic mass is 10.3. The van der Waals surface area contributed by atoms with Crippen molar-refractivity contribution in [1.82, 2.24) is 4.98 Å². The van der Waals surface area contributed by atoms with Crippen molar-refractivity contribution >= 4 is 17.6 Å². The fraction of sp³-hybridized carbons (Fsp3) is 0.400. The topological polar surface area (TPSA) is 39.2 Å². The minimum atomic E-state index is -0.419. The molecule has 0 saturated carbocycles. The predicted octanol–water partition coefficient (Wildman–Crippen LogP) is 2.69. The van der Waals surface area contributed by atoms with Crippen molar-refractivity contribution < 1.29 is 9.53 Å². The lowest BCUT2D eigenvalue weighted by Gasteiger charge is -2.10. The molecule has 0 aromatic carbocycles. The second kappa shape index (κ2) is 4.96. The van der Waals surface area contributed by atoms with Gasteiger partial charge in [-0.05, 0) is 25.5 Å². The normalized spacial score (nSPS) is 12.2. The molecule has 0 amide bonds. The van der Waals surface area contributed by atoms with Crippen LogP contribution in [0.1, 0.15) is 30.6 Å². The van der Waals surface area contributed by atoms with Crippen LogP contribution in [0, 0.1) is 0 Å². The summed E-state index contributed by atoms with van der Waals surface area (Å²) in [5.41, 5.74) is 0.314. The average Bonchev–Trinajstić information content (AvgIpc) is 2.18. The van der Waals surface area contributed by atoms with Gasteiger partial charge in [-0.3, -0.25) is 0 Å². The quantitative estimate of drug-likeness (QED) is 0.573. The van der Waals surface area contributed by atoms with E-state index in [-0.39, 0.29) is 11.3 Å². The average molecular weight is 214 g/mol. The number of halogens is 1. The second-order valence-electron chi connectivity index (χ2n) is 2.97. The number of ether oxygens (including phenoxy) is 1. The maximum atomic E-state index is 11.5. The van der Waals surface area contributed by atoms with Crippen LogP contribution in [0.25, 0.3) is 0 Å². The van der Waals surface area contributed by atoms with Crippen LogP contribution in [0.5, 0.6) is 0 Å². The van der Waals surface area contributed by atoms with Crippen molar-refractivity contribution in [1.29, 1.82) is 0 Å². The van der Waals surface area contributed by atoms with Gasteiger partial charge in [-0.2, -0.15) is 0 Å².